The van der Waals surface area contributed by atoms with Gasteiger partial charge in [0.05, 0.1) is 7.11 Å². The number of likely N-dealkylation sites (tertiary alicyclic amines) is 1. The number of halogens is 1. The van der Waals surface area contributed by atoms with Crippen molar-refractivity contribution in [2.45, 2.75) is 18.6 Å². The first kappa shape index (κ1) is 15.3. The molecule has 1 atom stereocenters. The van der Waals surface area contributed by atoms with Crippen molar-refractivity contribution in [3.05, 3.63) is 64.7 Å². The number of ether oxygens (including phenoxy) is 1. The second-order valence-electron chi connectivity index (χ2n) is 5.85. The molecule has 3 rings (SSSR count). The van der Waals surface area contributed by atoms with Crippen molar-refractivity contribution in [1.29, 1.82) is 0 Å². The molecule has 0 bridgehead atoms. The fourth-order valence-electron chi connectivity index (χ4n) is 3.03. The standard InChI is InChI=1S/C18H20ClNO2/c1-22-17-4-2-3-14(11-17)12-20-10-9-18(21,13-20)15-5-7-16(19)8-6-15/h2-8,11,21H,9-10,12-13H2,1H3. The predicted molar refractivity (Wildman–Crippen MR) is 88.2 cm³/mol. The van der Waals surface area contributed by atoms with Crippen molar-refractivity contribution >= 4 is 11.6 Å². The highest BCUT2D eigenvalue weighted by atomic mass is 35.5. The first-order valence-electron chi connectivity index (χ1n) is 7.43. The first-order chi connectivity index (χ1) is 10.6. The van der Waals surface area contributed by atoms with E-state index in [1.165, 1.54) is 5.56 Å². The number of benzene rings is 2. The highest BCUT2D eigenvalue weighted by molar-refractivity contribution is 6.30. The van der Waals surface area contributed by atoms with Crippen LogP contribution in [0.5, 0.6) is 5.75 Å². The quantitative estimate of drug-likeness (QED) is 0.937. The summed E-state index contributed by atoms with van der Waals surface area (Å²) >= 11 is 5.92. The van der Waals surface area contributed by atoms with Gasteiger partial charge in [0, 0.05) is 24.7 Å². The van der Waals surface area contributed by atoms with Crippen LogP contribution in [-0.4, -0.2) is 30.2 Å². The Balaban J connectivity index is 1.70. The second kappa shape index (κ2) is 6.29. The summed E-state index contributed by atoms with van der Waals surface area (Å²) in [6, 6.07) is 15.6. The highest BCUT2D eigenvalue weighted by Gasteiger charge is 2.37. The van der Waals surface area contributed by atoms with Crippen LogP contribution in [0.3, 0.4) is 0 Å². The van der Waals surface area contributed by atoms with Crippen molar-refractivity contribution in [2.24, 2.45) is 0 Å². The van der Waals surface area contributed by atoms with Crippen LogP contribution in [0, 0.1) is 0 Å². The minimum Gasteiger partial charge on any atom is -0.497 e. The third-order valence-corrected chi connectivity index (χ3v) is 4.50. The Kier molecular flexibility index (Phi) is 4.39. The molecule has 2 aromatic carbocycles. The molecule has 0 radical (unpaired) electrons. The van der Waals surface area contributed by atoms with Gasteiger partial charge in [-0.2, -0.15) is 0 Å². The SMILES string of the molecule is COc1cccc(CN2CCC(O)(c3ccc(Cl)cc3)C2)c1. The molecular weight excluding hydrogens is 298 g/mol. The molecule has 0 aliphatic carbocycles. The lowest BCUT2D eigenvalue weighted by molar-refractivity contribution is 0.0453. The number of rotatable bonds is 4. The third kappa shape index (κ3) is 3.27. The van der Waals surface area contributed by atoms with Gasteiger partial charge in [0.1, 0.15) is 11.4 Å². The molecule has 1 aliphatic heterocycles. The minimum atomic E-state index is -0.788. The van der Waals surface area contributed by atoms with Gasteiger partial charge < -0.3 is 9.84 Å². The molecular formula is C18H20ClNO2. The summed E-state index contributed by atoms with van der Waals surface area (Å²) in [6.45, 7) is 2.31. The zero-order valence-electron chi connectivity index (χ0n) is 12.6. The maximum atomic E-state index is 10.9. The molecule has 1 saturated heterocycles. The third-order valence-electron chi connectivity index (χ3n) is 4.25. The second-order valence-corrected chi connectivity index (χ2v) is 6.29. The topological polar surface area (TPSA) is 32.7 Å². The lowest BCUT2D eigenvalue weighted by Gasteiger charge is -2.24. The van der Waals surface area contributed by atoms with E-state index in [9.17, 15) is 5.11 Å². The molecule has 3 nitrogen and oxygen atoms in total. The summed E-state index contributed by atoms with van der Waals surface area (Å²) in [5, 5.41) is 11.6. The summed E-state index contributed by atoms with van der Waals surface area (Å²) in [5.41, 5.74) is 1.34. The zero-order chi connectivity index (χ0) is 15.6. The van der Waals surface area contributed by atoms with Crippen LogP contribution in [0.2, 0.25) is 5.02 Å². The Bertz CT molecular complexity index is 644. The molecule has 1 fully saturated rings. The molecule has 0 spiro atoms. The van der Waals surface area contributed by atoms with Crippen LogP contribution < -0.4 is 4.74 Å². The van der Waals surface area contributed by atoms with E-state index in [1.807, 2.05) is 42.5 Å². The fraction of sp³-hybridized carbons (Fsp3) is 0.333. The molecule has 0 saturated carbocycles. The zero-order valence-corrected chi connectivity index (χ0v) is 13.4. The van der Waals surface area contributed by atoms with Gasteiger partial charge in [0.15, 0.2) is 0 Å². The van der Waals surface area contributed by atoms with Crippen molar-refractivity contribution in [3.63, 3.8) is 0 Å². The van der Waals surface area contributed by atoms with Gasteiger partial charge in [-0.1, -0.05) is 35.9 Å². The van der Waals surface area contributed by atoms with Gasteiger partial charge in [-0.25, -0.2) is 0 Å². The Morgan fingerprint density at radius 3 is 2.73 bits per heavy atom. The average molecular weight is 318 g/mol. The number of nitrogens with zero attached hydrogens (tertiary/aromatic N) is 1. The largest absolute Gasteiger partial charge is 0.497 e. The van der Waals surface area contributed by atoms with Gasteiger partial charge in [-0.3, -0.25) is 4.90 Å². The molecule has 116 valence electrons. The van der Waals surface area contributed by atoms with Crippen molar-refractivity contribution in [3.8, 4) is 5.75 Å². The maximum absolute atomic E-state index is 10.9. The fourth-order valence-corrected chi connectivity index (χ4v) is 3.16. The Morgan fingerprint density at radius 1 is 1.23 bits per heavy atom. The maximum Gasteiger partial charge on any atom is 0.119 e. The Morgan fingerprint density at radius 2 is 2.00 bits per heavy atom. The number of hydrogen-bond acceptors (Lipinski definition) is 3. The van der Waals surface area contributed by atoms with Gasteiger partial charge >= 0.3 is 0 Å². The summed E-state index contributed by atoms with van der Waals surface area (Å²) in [6.07, 6.45) is 0.735. The number of aliphatic hydroxyl groups is 1. The molecule has 0 amide bonds. The lowest BCUT2D eigenvalue weighted by atomic mass is 9.93. The number of methoxy groups -OCH3 is 1. The Hall–Kier alpha value is -1.55. The van der Waals surface area contributed by atoms with Crippen molar-refractivity contribution in [1.82, 2.24) is 4.90 Å². The van der Waals surface area contributed by atoms with E-state index < -0.39 is 5.60 Å². The summed E-state index contributed by atoms with van der Waals surface area (Å²) in [7, 11) is 1.67. The van der Waals surface area contributed by atoms with Crippen LogP contribution in [0.1, 0.15) is 17.5 Å². The van der Waals surface area contributed by atoms with Gasteiger partial charge in [-0.05, 0) is 41.8 Å². The molecule has 0 aromatic heterocycles. The summed E-state index contributed by atoms with van der Waals surface area (Å²) in [4.78, 5) is 2.27. The van der Waals surface area contributed by atoms with E-state index in [0.29, 0.717) is 11.6 Å². The van der Waals surface area contributed by atoms with Gasteiger partial charge in [-0.15, -0.1) is 0 Å². The molecule has 1 heterocycles. The summed E-state index contributed by atoms with van der Waals surface area (Å²) in [5.74, 6) is 0.865. The van der Waals surface area contributed by atoms with E-state index in [1.54, 1.807) is 7.11 Å². The van der Waals surface area contributed by atoms with E-state index in [2.05, 4.69) is 11.0 Å². The van der Waals surface area contributed by atoms with E-state index in [0.717, 1.165) is 30.8 Å². The predicted octanol–water partition coefficient (Wildman–Crippen LogP) is 3.44. The van der Waals surface area contributed by atoms with Crippen LogP contribution >= 0.6 is 11.6 Å². The smallest absolute Gasteiger partial charge is 0.119 e. The minimum absolute atomic E-state index is 0.631. The molecule has 1 aliphatic rings. The van der Waals surface area contributed by atoms with Gasteiger partial charge in [0.25, 0.3) is 0 Å². The average Bonchev–Trinajstić information content (AvgIpc) is 2.90. The molecule has 2 aromatic rings. The van der Waals surface area contributed by atoms with Crippen LogP contribution in [0.25, 0.3) is 0 Å². The molecule has 22 heavy (non-hydrogen) atoms. The molecule has 1 unspecified atom stereocenters. The highest BCUT2D eigenvalue weighted by Crippen LogP contribution is 2.33. The molecule has 4 heteroatoms. The summed E-state index contributed by atoms with van der Waals surface area (Å²) < 4.78 is 5.26. The molecule has 1 N–H and O–H groups in total. The van der Waals surface area contributed by atoms with Crippen molar-refractivity contribution in [2.75, 3.05) is 20.2 Å². The van der Waals surface area contributed by atoms with Crippen LogP contribution in [0.15, 0.2) is 48.5 Å². The van der Waals surface area contributed by atoms with Gasteiger partial charge in [0.2, 0.25) is 0 Å². The lowest BCUT2D eigenvalue weighted by Crippen LogP contribution is -2.30. The monoisotopic (exact) mass is 317 g/mol. The Labute approximate surface area is 136 Å². The number of β-amino-alcohol motifs (C(OH)–C–C–N with tert-alkyl or cyclic N) is 1. The van der Waals surface area contributed by atoms with Crippen molar-refractivity contribution < 1.29 is 9.84 Å². The van der Waals surface area contributed by atoms with E-state index >= 15 is 0 Å². The normalized spacial score (nSPS) is 22.0. The van der Waals surface area contributed by atoms with E-state index in [-0.39, 0.29) is 0 Å². The van der Waals surface area contributed by atoms with Crippen LogP contribution in [0.4, 0.5) is 0 Å². The number of hydrogen-bond donors (Lipinski definition) is 1. The van der Waals surface area contributed by atoms with E-state index in [4.69, 9.17) is 16.3 Å². The first-order valence-corrected chi connectivity index (χ1v) is 7.81. The van der Waals surface area contributed by atoms with Crippen LogP contribution in [-0.2, 0) is 12.1 Å².